The second-order valence-electron chi connectivity index (χ2n) is 7.10. The Morgan fingerprint density at radius 3 is 1.50 bits per heavy atom. The fourth-order valence-corrected chi connectivity index (χ4v) is 3.40. The molecule has 3 nitrogen and oxygen atoms in total. The Hall–Kier alpha value is -3.20. The molecule has 0 heterocycles. The summed E-state index contributed by atoms with van der Waals surface area (Å²) in [6, 6.07) is 26.1. The zero-order valence-electron chi connectivity index (χ0n) is 15.8. The average Bonchev–Trinajstić information content (AvgIpc) is 2.69. The molecular formula is C25H24O3. The van der Waals surface area contributed by atoms with Crippen molar-refractivity contribution in [3.05, 3.63) is 102 Å². The van der Waals surface area contributed by atoms with E-state index in [1.165, 1.54) is 0 Å². The topological polar surface area (TPSA) is 54.4 Å². The second-order valence-corrected chi connectivity index (χ2v) is 7.10. The Labute approximate surface area is 165 Å². The predicted octanol–water partition coefficient (Wildman–Crippen LogP) is 4.88. The van der Waals surface area contributed by atoms with Gasteiger partial charge in [0.1, 0.15) is 17.3 Å². The van der Waals surface area contributed by atoms with Gasteiger partial charge in [0.25, 0.3) is 0 Å². The lowest BCUT2D eigenvalue weighted by Crippen LogP contribution is -2.15. The minimum Gasteiger partial charge on any atom is -0.508 e. The molecule has 3 rings (SSSR count). The summed E-state index contributed by atoms with van der Waals surface area (Å²) < 4.78 is 0. The highest BCUT2D eigenvalue weighted by Crippen LogP contribution is 2.27. The molecule has 0 unspecified atom stereocenters. The Balaban J connectivity index is 1.70. The maximum atomic E-state index is 12.6. The van der Waals surface area contributed by atoms with Crippen molar-refractivity contribution in [3.63, 3.8) is 0 Å². The van der Waals surface area contributed by atoms with E-state index in [0.29, 0.717) is 25.7 Å². The highest BCUT2D eigenvalue weighted by Gasteiger charge is 2.20. The molecule has 3 heteroatoms. The minimum absolute atomic E-state index is 0.108. The van der Waals surface area contributed by atoms with Crippen LogP contribution in [0.5, 0.6) is 5.75 Å². The normalized spacial score (nSPS) is 10.8. The smallest absolute Gasteiger partial charge is 0.137 e. The van der Waals surface area contributed by atoms with Crippen molar-refractivity contribution in [1.82, 2.24) is 0 Å². The molecule has 0 saturated carbocycles. The van der Waals surface area contributed by atoms with Crippen LogP contribution in [0.4, 0.5) is 0 Å². The molecule has 1 N–H and O–H groups in total. The van der Waals surface area contributed by atoms with Gasteiger partial charge in [-0.1, -0.05) is 72.8 Å². The van der Waals surface area contributed by atoms with Gasteiger partial charge in [0.05, 0.1) is 0 Å². The summed E-state index contributed by atoms with van der Waals surface area (Å²) in [5.41, 5.74) is 2.86. The van der Waals surface area contributed by atoms with Gasteiger partial charge in [0, 0.05) is 25.7 Å². The average molecular weight is 372 g/mol. The van der Waals surface area contributed by atoms with E-state index in [1.54, 1.807) is 24.3 Å². The van der Waals surface area contributed by atoms with Crippen molar-refractivity contribution in [2.45, 2.75) is 31.6 Å². The van der Waals surface area contributed by atoms with Crippen LogP contribution in [-0.4, -0.2) is 16.7 Å². The van der Waals surface area contributed by atoms with Gasteiger partial charge >= 0.3 is 0 Å². The van der Waals surface area contributed by atoms with Crippen molar-refractivity contribution in [2.75, 3.05) is 0 Å². The van der Waals surface area contributed by atoms with E-state index < -0.39 is 0 Å². The summed E-state index contributed by atoms with van der Waals surface area (Å²) in [6.07, 6.45) is 1.34. The summed E-state index contributed by atoms with van der Waals surface area (Å²) >= 11 is 0. The number of benzene rings is 3. The lowest BCUT2D eigenvalue weighted by atomic mass is 9.86. The molecule has 0 atom stereocenters. The summed E-state index contributed by atoms with van der Waals surface area (Å²) in [5.74, 6) is 0.204. The SMILES string of the molecule is O=C(Cc1ccccc1)CC(CC(=O)Cc1ccccc1)c1ccc(O)cc1. The maximum Gasteiger partial charge on any atom is 0.137 e. The van der Waals surface area contributed by atoms with E-state index in [0.717, 1.165) is 16.7 Å². The minimum atomic E-state index is -0.187. The molecular weight excluding hydrogens is 348 g/mol. The van der Waals surface area contributed by atoms with E-state index in [-0.39, 0.29) is 23.2 Å². The van der Waals surface area contributed by atoms with Gasteiger partial charge in [0.2, 0.25) is 0 Å². The third-order valence-electron chi connectivity index (χ3n) is 4.80. The molecule has 0 spiro atoms. The van der Waals surface area contributed by atoms with E-state index in [4.69, 9.17) is 0 Å². The molecule has 28 heavy (non-hydrogen) atoms. The number of hydrogen-bond donors (Lipinski definition) is 1. The van der Waals surface area contributed by atoms with E-state index >= 15 is 0 Å². The first kappa shape index (κ1) is 19.6. The molecule has 0 aliphatic rings. The Morgan fingerprint density at radius 1 is 0.643 bits per heavy atom. The molecule has 0 aliphatic carbocycles. The number of phenolic OH excluding ortho intramolecular Hbond substituents is 1. The van der Waals surface area contributed by atoms with E-state index in [1.807, 2.05) is 60.7 Å². The highest BCUT2D eigenvalue weighted by atomic mass is 16.3. The molecule has 0 fully saturated rings. The van der Waals surface area contributed by atoms with E-state index in [9.17, 15) is 14.7 Å². The lowest BCUT2D eigenvalue weighted by molar-refractivity contribution is -0.120. The molecule has 0 aliphatic heterocycles. The molecule has 0 saturated heterocycles. The number of ketones is 2. The van der Waals surface area contributed by atoms with Crippen molar-refractivity contribution in [1.29, 1.82) is 0 Å². The van der Waals surface area contributed by atoms with Gasteiger partial charge < -0.3 is 5.11 Å². The molecule has 3 aromatic rings. The predicted molar refractivity (Wildman–Crippen MR) is 110 cm³/mol. The molecule has 142 valence electrons. The van der Waals surface area contributed by atoms with Crippen LogP contribution in [0.25, 0.3) is 0 Å². The van der Waals surface area contributed by atoms with Gasteiger partial charge in [-0.05, 0) is 34.7 Å². The summed E-state index contributed by atoms with van der Waals surface area (Å²) in [6.45, 7) is 0. The number of hydrogen-bond acceptors (Lipinski definition) is 3. The number of aromatic hydroxyl groups is 1. The summed E-state index contributed by atoms with van der Waals surface area (Å²) in [5, 5.41) is 9.56. The molecule has 3 aromatic carbocycles. The molecule has 0 bridgehead atoms. The first-order chi connectivity index (χ1) is 13.6. The zero-order valence-corrected chi connectivity index (χ0v) is 15.8. The molecule has 0 aromatic heterocycles. The van der Waals surface area contributed by atoms with Crippen molar-refractivity contribution < 1.29 is 14.7 Å². The van der Waals surface area contributed by atoms with E-state index in [2.05, 4.69) is 0 Å². The van der Waals surface area contributed by atoms with Crippen LogP contribution in [0, 0.1) is 0 Å². The van der Waals surface area contributed by atoms with Gasteiger partial charge in [-0.25, -0.2) is 0 Å². The van der Waals surface area contributed by atoms with Crippen molar-refractivity contribution in [2.24, 2.45) is 0 Å². The fourth-order valence-electron chi connectivity index (χ4n) is 3.40. The highest BCUT2D eigenvalue weighted by molar-refractivity contribution is 5.85. The molecule has 0 amide bonds. The third kappa shape index (κ3) is 5.92. The maximum absolute atomic E-state index is 12.6. The van der Waals surface area contributed by atoms with Crippen LogP contribution in [-0.2, 0) is 22.4 Å². The lowest BCUT2D eigenvalue weighted by Gasteiger charge is -2.16. The van der Waals surface area contributed by atoms with Gasteiger partial charge in [0.15, 0.2) is 0 Å². The second kappa shape index (κ2) is 9.65. The van der Waals surface area contributed by atoms with Crippen LogP contribution < -0.4 is 0 Å². The third-order valence-corrected chi connectivity index (χ3v) is 4.80. The number of carbonyl (C=O) groups excluding carboxylic acids is 2. The standard InChI is InChI=1S/C25H24O3/c26-23-13-11-21(12-14-23)22(17-24(27)15-19-7-3-1-4-8-19)18-25(28)16-20-9-5-2-6-10-20/h1-14,22,26H,15-18H2. The summed E-state index contributed by atoms with van der Waals surface area (Å²) in [4.78, 5) is 25.3. The van der Waals surface area contributed by atoms with Crippen LogP contribution in [0.3, 0.4) is 0 Å². The van der Waals surface area contributed by atoms with Crippen LogP contribution in [0.1, 0.15) is 35.4 Å². The van der Waals surface area contributed by atoms with Crippen molar-refractivity contribution in [3.8, 4) is 5.75 Å². The first-order valence-corrected chi connectivity index (χ1v) is 9.50. The largest absolute Gasteiger partial charge is 0.508 e. The fraction of sp³-hybridized carbons (Fsp3) is 0.200. The van der Waals surface area contributed by atoms with Gasteiger partial charge in [-0.3, -0.25) is 9.59 Å². The van der Waals surface area contributed by atoms with Crippen LogP contribution in [0.2, 0.25) is 0 Å². The van der Waals surface area contributed by atoms with Crippen LogP contribution >= 0.6 is 0 Å². The van der Waals surface area contributed by atoms with Gasteiger partial charge in [-0.15, -0.1) is 0 Å². The van der Waals surface area contributed by atoms with Crippen molar-refractivity contribution >= 4 is 11.6 Å². The Bertz CT molecular complexity index is 844. The number of Topliss-reactive ketones (excluding diaryl/α,β-unsaturated/α-hetero) is 2. The van der Waals surface area contributed by atoms with Crippen LogP contribution in [0.15, 0.2) is 84.9 Å². The first-order valence-electron chi connectivity index (χ1n) is 9.50. The Morgan fingerprint density at radius 2 is 1.07 bits per heavy atom. The quantitative estimate of drug-likeness (QED) is 0.582. The monoisotopic (exact) mass is 372 g/mol. The number of phenols is 1. The summed E-state index contributed by atoms with van der Waals surface area (Å²) in [7, 11) is 0. The number of rotatable bonds is 9. The van der Waals surface area contributed by atoms with Gasteiger partial charge in [-0.2, -0.15) is 0 Å². The Kier molecular flexibility index (Phi) is 6.74. The zero-order chi connectivity index (χ0) is 19.8. The number of carbonyl (C=O) groups is 2. The molecule has 0 radical (unpaired) electrons.